The molecular formula is C20H23N3O3S. The molecule has 0 atom stereocenters. The van der Waals surface area contributed by atoms with Crippen LogP contribution in [0.25, 0.3) is 11.4 Å². The Hall–Kier alpha value is -2.54. The average Bonchev–Trinajstić information content (AvgIpc) is 3.29. The van der Waals surface area contributed by atoms with Crippen molar-refractivity contribution in [3.05, 3.63) is 48.4 Å². The van der Waals surface area contributed by atoms with E-state index in [1.54, 1.807) is 13.4 Å². The summed E-state index contributed by atoms with van der Waals surface area (Å²) in [6.45, 7) is 6.25. The van der Waals surface area contributed by atoms with Crippen LogP contribution < -0.4 is 4.74 Å². The Bertz CT molecular complexity index is 911. The Morgan fingerprint density at radius 1 is 1.22 bits per heavy atom. The van der Waals surface area contributed by atoms with Gasteiger partial charge in [0.2, 0.25) is 0 Å². The Balaban J connectivity index is 1.93. The lowest BCUT2D eigenvalue weighted by Crippen LogP contribution is -2.22. The number of carbonyl (C=O) groups is 1. The maximum absolute atomic E-state index is 12.3. The number of carbonyl (C=O) groups excluding carboxylic acids is 1. The van der Waals surface area contributed by atoms with Crippen molar-refractivity contribution in [3.63, 3.8) is 0 Å². The van der Waals surface area contributed by atoms with Crippen LogP contribution in [0.2, 0.25) is 0 Å². The number of benzene rings is 1. The molecule has 0 bridgehead atoms. The molecule has 0 saturated heterocycles. The molecule has 0 saturated carbocycles. The van der Waals surface area contributed by atoms with Crippen LogP contribution in [0.15, 0.2) is 52.2 Å². The number of hydrogen-bond donors (Lipinski definition) is 0. The van der Waals surface area contributed by atoms with Crippen LogP contribution in [0.3, 0.4) is 0 Å². The third-order valence-corrected chi connectivity index (χ3v) is 5.07. The normalized spacial score (nSPS) is 11.6. The predicted molar refractivity (Wildman–Crippen MR) is 105 cm³/mol. The second-order valence-electron chi connectivity index (χ2n) is 7.17. The van der Waals surface area contributed by atoms with Crippen LogP contribution in [0.1, 0.15) is 26.5 Å². The number of Topliss-reactive ketones (excluding diaryl/α,β-unsaturated/α-hetero) is 1. The van der Waals surface area contributed by atoms with Gasteiger partial charge in [0.25, 0.3) is 0 Å². The fourth-order valence-electron chi connectivity index (χ4n) is 2.42. The van der Waals surface area contributed by atoms with Crippen molar-refractivity contribution in [3.8, 4) is 17.1 Å². The van der Waals surface area contributed by atoms with Crippen LogP contribution in [-0.2, 0) is 11.3 Å². The number of methoxy groups -OCH3 is 1. The highest BCUT2D eigenvalue weighted by molar-refractivity contribution is 7.99. The molecule has 2 aromatic heterocycles. The van der Waals surface area contributed by atoms with Crippen molar-refractivity contribution in [2.75, 3.05) is 12.9 Å². The van der Waals surface area contributed by atoms with Crippen molar-refractivity contribution in [1.29, 1.82) is 0 Å². The minimum Gasteiger partial charge on any atom is -0.497 e. The quantitative estimate of drug-likeness (QED) is 0.565. The molecule has 2 heterocycles. The minimum atomic E-state index is -0.380. The molecule has 1 aromatic carbocycles. The number of hydrogen-bond acceptors (Lipinski definition) is 6. The van der Waals surface area contributed by atoms with Gasteiger partial charge in [-0.05, 0) is 24.3 Å². The zero-order valence-electron chi connectivity index (χ0n) is 15.9. The van der Waals surface area contributed by atoms with Gasteiger partial charge in [-0.2, -0.15) is 0 Å². The molecule has 7 heteroatoms. The molecule has 3 aromatic rings. The summed E-state index contributed by atoms with van der Waals surface area (Å²) in [5, 5.41) is 9.37. The highest BCUT2D eigenvalue weighted by atomic mass is 32.2. The van der Waals surface area contributed by atoms with Gasteiger partial charge in [0.15, 0.2) is 11.0 Å². The number of rotatable bonds is 7. The summed E-state index contributed by atoms with van der Waals surface area (Å²) in [6.07, 6.45) is 1.64. The predicted octanol–water partition coefficient (Wildman–Crippen LogP) is 4.30. The molecule has 0 aliphatic carbocycles. The molecule has 0 N–H and O–H groups in total. The molecule has 0 fully saturated rings. The van der Waals surface area contributed by atoms with E-state index in [0.717, 1.165) is 17.1 Å². The highest BCUT2D eigenvalue weighted by Crippen LogP contribution is 2.29. The summed E-state index contributed by atoms with van der Waals surface area (Å²) in [6, 6.07) is 11.4. The summed E-state index contributed by atoms with van der Waals surface area (Å²) in [5.74, 6) is 2.76. The Labute approximate surface area is 162 Å². The maximum Gasteiger partial charge on any atom is 0.192 e. The first-order valence-corrected chi connectivity index (χ1v) is 9.63. The second kappa shape index (κ2) is 8.00. The van der Waals surface area contributed by atoms with Crippen molar-refractivity contribution in [1.82, 2.24) is 14.8 Å². The Kier molecular flexibility index (Phi) is 5.70. The van der Waals surface area contributed by atoms with Gasteiger partial charge in [-0.25, -0.2) is 0 Å². The molecular weight excluding hydrogens is 362 g/mol. The summed E-state index contributed by atoms with van der Waals surface area (Å²) in [5.41, 5.74) is 0.511. The standard InChI is InChI=1S/C20H23N3O3S/c1-20(2,3)17(24)13-27-19-22-21-18(14-7-5-8-15(11-14)25-4)23(19)12-16-9-6-10-26-16/h5-11H,12-13H2,1-4H3. The van der Waals surface area contributed by atoms with Crippen LogP contribution in [0, 0.1) is 5.41 Å². The summed E-state index contributed by atoms with van der Waals surface area (Å²) in [4.78, 5) is 12.3. The first-order valence-electron chi connectivity index (χ1n) is 8.64. The largest absolute Gasteiger partial charge is 0.497 e. The van der Waals surface area contributed by atoms with E-state index in [-0.39, 0.29) is 11.2 Å². The topological polar surface area (TPSA) is 70.2 Å². The third kappa shape index (κ3) is 4.60. The number of thioether (sulfide) groups is 1. The summed E-state index contributed by atoms with van der Waals surface area (Å²) < 4.78 is 12.8. The smallest absolute Gasteiger partial charge is 0.192 e. The Morgan fingerprint density at radius 3 is 2.70 bits per heavy atom. The second-order valence-corrected chi connectivity index (χ2v) is 8.11. The van der Waals surface area contributed by atoms with Gasteiger partial charge < -0.3 is 9.15 Å². The van der Waals surface area contributed by atoms with E-state index in [4.69, 9.17) is 9.15 Å². The first-order chi connectivity index (χ1) is 12.9. The average molecular weight is 385 g/mol. The Morgan fingerprint density at radius 2 is 2.04 bits per heavy atom. The molecule has 0 aliphatic rings. The van der Waals surface area contributed by atoms with Gasteiger partial charge in [0.05, 0.1) is 25.7 Å². The molecule has 0 radical (unpaired) electrons. The maximum atomic E-state index is 12.3. The van der Waals surface area contributed by atoms with Gasteiger partial charge in [0, 0.05) is 11.0 Å². The van der Waals surface area contributed by atoms with Gasteiger partial charge in [-0.3, -0.25) is 9.36 Å². The van der Waals surface area contributed by atoms with Gasteiger partial charge in [0.1, 0.15) is 17.3 Å². The number of furan rings is 1. The lowest BCUT2D eigenvalue weighted by molar-refractivity contribution is -0.123. The molecule has 0 unspecified atom stereocenters. The fraction of sp³-hybridized carbons (Fsp3) is 0.350. The van der Waals surface area contributed by atoms with E-state index < -0.39 is 0 Å². The molecule has 27 heavy (non-hydrogen) atoms. The van der Waals surface area contributed by atoms with Crippen molar-refractivity contribution in [2.45, 2.75) is 32.5 Å². The molecule has 0 aliphatic heterocycles. The highest BCUT2D eigenvalue weighted by Gasteiger charge is 2.23. The molecule has 6 nitrogen and oxygen atoms in total. The van der Waals surface area contributed by atoms with E-state index >= 15 is 0 Å². The van der Waals surface area contributed by atoms with E-state index in [9.17, 15) is 4.79 Å². The lowest BCUT2D eigenvalue weighted by Gasteiger charge is -2.16. The number of ketones is 1. The lowest BCUT2D eigenvalue weighted by atomic mass is 9.92. The zero-order chi connectivity index (χ0) is 19.4. The van der Waals surface area contributed by atoms with Crippen LogP contribution in [-0.4, -0.2) is 33.4 Å². The summed E-state index contributed by atoms with van der Waals surface area (Å²) >= 11 is 1.40. The van der Waals surface area contributed by atoms with Crippen molar-refractivity contribution in [2.24, 2.45) is 5.41 Å². The van der Waals surface area contributed by atoms with Crippen molar-refractivity contribution < 1.29 is 13.9 Å². The molecule has 3 rings (SSSR count). The van der Waals surface area contributed by atoms with Gasteiger partial charge in [-0.1, -0.05) is 44.7 Å². The number of aromatic nitrogens is 3. The number of nitrogens with zero attached hydrogens (tertiary/aromatic N) is 3. The van der Waals surface area contributed by atoms with E-state index in [0.29, 0.717) is 23.3 Å². The summed E-state index contributed by atoms with van der Waals surface area (Å²) in [7, 11) is 1.63. The molecule has 142 valence electrons. The van der Waals surface area contributed by atoms with Crippen LogP contribution >= 0.6 is 11.8 Å². The minimum absolute atomic E-state index is 0.169. The zero-order valence-corrected chi connectivity index (χ0v) is 16.7. The van der Waals surface area contributed by atoms with Gasteiger partial charge >= 0.3 is 0 Å². The number of ether oxygens (including phenoxy) is 1. The van der Waals surface area contributed by atoms with E-state index in [1.807, 2.05) is 61.7 Å². The fourth-order valence-corrected chi connectivity index (χ4v) is 3.52. The van der Waals surface area contributed by atoms with Gasteiger partial charge in [-0.15, -0.1) is 10.2 Å². The molecule has 0 spiro atoms. The van der Waals surface area contributed by atoms with E-state index in [2.05, 4.69) is 10.2 Å². The third-order valence-electron chi connectivity index (χ3n) is 4.11. The monoisotopic (exact) mass is 385 g/mol. The SMILES string of the molecule is COc1cccc(-c2nnc(SCC(=O)C(C)(C)C)n2Cc2ccco2)c1. The van der Waals surface area contributed by atoms with E-state index in [1.165, 1.54) is 11.8 Å². The molecule has 0 amide bonds. The van der Waals surface area contributed by atoms with Crippen LogP contribution in [0.4, 0.5) is 0 Å². The van der Waals surface area contributed by atoms with Crippen molar-refractivity contribution >= 4 is 17.5 Å². The first kappa shape index (κ1) is 19.2. The van der Waals surface area contributed by atoms with Crippen LogP contribution in [0.5, 0.6) is 5.75 Å².